The molecule has 0 bridgehead atoms. The van der Waals surface area contributed by atoms with Crippen molar-refractivity contribution in [3.8, 4) is 5.75 Å². The maximum atomic E-state index is 12.4. The number of rotatable bonds is 4. The van der Waals surface area contributed by atoms with Gasteiger partial charge in [-0.3, -0.25) is 9.19 Å². The first-order valence-electron chi connectivity index (χ1n) is 5.94. The molecule has 106 valence electrons. The second-order valence-corrected chi connectivity index (χ2v) is 6.15. The van der Waals surface area contributed by atoms with Crippen molar-refractivity contribution < 1.29 is 8.95 Å². The molecule has 6 heteroatoms. The number of aryl methyl sites for hydroxylation is 1. The van der Waals surface area contributed by atoms with Gasteiger partial charge in [-0.05, 0) is 25.1 Å². The number of nitrogens with two attached hydrogens (primary N) is 1. The molecule has 2 rings (SSSR count). The van der Waals surface area contributed by atoms with Crippen molar-refractivity contribution in [3.63, 3.8) is 0 Å². The van der Waals surface area contributed by atoms with Crippen LogP contribution >= 0.6 is 11.6 Å². The minimum absolute atomic E-state index is 0.279. The number of ether oxygens (including phenoxy) is 1. The standard InChI is InChI=1S/C14H15ClN2O2S/c1-9-5-12(19-2)7-11(17-9)8-20(18)14-4-3-10(16)6-13(14)15/h3-7H,8,16H2,1-2H3. The molecule has 2 aromatic rings. The zero-order valence-electron chi connectivity index (χ0n) is 11.2. The van der Waals surface area contributed by atoms with Crippen LogP contribution in [0, 0.1) is 6.92 Å². The van der Waals surface area contributed by atoms with Crippen LogP contribution in [0.15, 0.2) is 35.2 Å². The van der Waals surface area contributed by atoms with Crippen LogP contribution in [-0.4, -0.2) is 16.3 Å². The highest BCUT2D eigenvalue weighted by Gasteiger charge is 2.11. The first-order valence-corrected chi connectivity index (χ1v) is 7.64. The molecule has 0 saturated heterocycles. The number of hydrogen-bond acceptors (Lipinski definition) is 4. The summed E-state index contributed by atoms with van der Waals surface area (Å²) in [5.41, 5.74) is 7.69. The quantitative estimate of drug-likeness (QED) is 0.882. The van der Waals surface area contributed by atoms with Crippen LogP contribution in [0.4, 0.5) is 5.69 Å². The van der Waals surface area contributed by atoms with E-state index in [1.165, 1.54) is 0 Å². The molecule has 0 spiro atoms. The van der Waals surface area contributed by atoms with E-state index >= 15 is 0 Å². The third-order valence-corrected chi connectivity index (χ3v) is 4.53. The van der Waals surface area contributed by atoms with Gasteiger partial charge in [-0.15, -0.1) is 0 Å². The lowest BCUT2D eigenvalue weighted by Crippen LogP contribution is -2.02. The van der Waals surface area contributed by atoms with Crippen LogP contribution < -0.4 is 10.5 Å². The Labute approximate surface area is 125 Å². The molecule has 20 heavy (non-hydrogen) atoms. The summed E-state index contributed by atoms with van der Waals surface area (Å²) in [6.07, 6.45) is 0. The van der Waals surface area contributed by atoms with Gasteiger partial charge in [0.2, 0.25) is 0 Å². The fourth-order valence-electron chi connectivity index (χ4n) is 1.81. The van der Waals surface area contributed by atoms with Gasteiger partial charge < -0.3 is 10.5 Å². The number of benzene rings is 1. The minimum Gasteiger partial charge on any atom is -0.497 e. The molecule has 0 aliphatic heterocycles. The third kappa shape index (κ3) is 3.49. The van der Waals surface area contributed by atoms with Gasteiger partial charge >= 0.3 is 0 Å². The van der Waals surface area contributed by atoms with Crippen LogP contribution in [0.2, 0.25) is 5.02 Å². The van der Waals surface area contributed by atoms with E-state index in [0.717, 1.165) is 5.69 Å². The van der Waals surface area contributed by atoms with Gasteiger partial charge in [-0.1, -0.05) is 11.6 Å². The molecule has 0 radical (unpaired) electrons. The summed E-state index contributed by atoms with van der Waals surface area (Å²) in [6, 6.07) is 8.56. The summed E-state index contributed by atoms with van der Waals surface area (Å²) in [5.74, 6) is 0.981. The fourth-order valence-corrected chi connectivity index (χ4v) is 3.32. The maximum Gasteiger partial charge on any atom is 0.122 e. The molecule has 0 amide bonds. The molecular weight excluding hydrogens is 296 g/mol. The van der Waals surface area contributed by atoms with Crippen molar-refractivity contribution in [2.75, 3.05) is 12.8 Å². The summed E-state index contributed by atoms with van der Waals surface area (Å²) in [6.45, 7) is 1.87. The second-order valence-electron chi connectivity index (χ2n) is 4.32. The number of anilines is 1. The molecular formula is C14H15ClN2O2S. The summed E-state index contributed by atoms with van der Waals surface area (Å²) >= 11 is 6.06. The van der Waals surface area contributed by atoms with Crippen molar-refractivity contribution in [1.82, 2.24) is 4.98 Å². The van der Waals surface area contributed by atoms with E-state index in [1.807, 2.05) is 13.0 Å². The summed E-state index contributed by atoms with van der Waals surface area (Å²) < 4.78 is 17.5. The summed E-state index contributed by atoms with van der Waals surface area (Å²) in [7, 11) is 0.311. The second kappa shape index (κ2) is 6.24. The van der Waals surface area contributed by atoms with Crippen molar-refractivity contribution in [2.45, 2.75) is 17.6 Å². The van der Waals surface area contributed by atoms with E-state index in [4.69, 9.17) is 22.1 Å². The predicted molar refractivity (Wildman–Crippen MR) is 81.5 cm³/mol. The van der Waals surface area contributed by atoms with E-state index in [0.29, 0.717) is 27.0 Å². The number of aromatic nitrogens is 1. The number of halogens is 1. The lowest BCUT2D eigenvalue weighted by atomic mass is 10.3. The number of nitrogens with zero attached hydrogens (tertiary/aromatic N) is 1. The van der Waals surface area contributed by atoms with Crippen molar-refractivity contribution in [2.24, 2.45) is 0 Å². The topological polar surface area (TPSA) is 65.2 Å². The van der Waals surface area contributed by atoms with Crippen LogP contribution in [0.25, 0.3) is 0 Å². The van der Waals surface area contributed by atoms with Crippen LogP contribution in [0.3, 0.4) is 0 Å². The average molecular weight is 311 g/mol. The van der Waals surface area contributed by atoms with Crippen molar-refractivity contribution >= 4 is 28.1 Å². The molecule has 0 fully saturated rings. The molecule has 1 aromatic carbocycles. The summed E-state index contributed by atoms with van der Waals surface area (Å²) in [5, 5.41) is 0.406. The minimum atomic E-state index is -1.28. The lowest BCUT2D eigenvalue weighted by molar-refractivity contribution is 0.413. The molecule has 2 N–H and O–H groups in total. The maximum absolute atomic E-state index is 12.4. The molecule has 0 saturated carbocycles. The highest BCUT2D eigenvalue weighted by Crippen LogP contribution is 2.24. The Hall–Kier alpha value is -1.59. The Morgan fingerprint density at radius 2 is 2.10 bits per heavy atom. The van der Waals surface area contributed by atoms with E-state index in [1.54, 1.807) is 31.4 Å². The zero-order chi connectivity index (χ0) is 14.7. The summed E-state index contributed by atoms with van der Waals surface area (Å²) in [4.78, 5) is 4.91. The van der Waals surface area contributed by atoms with Crippen molar-refractivity contribution in [1.29, 1.82) is 0 Å². The Balaban J connectivity index is 2.25. The Morgan fingerprint density at radius 3 is 2.75 bits per heavy atom. The number of nitrogen functional groups attached to an aromatic ring is 1. The molecule has 1 unspecified atom stereocenters. The number of hydrogen-bond donors (Lipinski definition) is 1. The van der Waals surface area contributed by atoms with Gasteiger partial charge in [0.25, 0.3) is 0 Å². The SMILES string of the molecule is COc1cc(C)nc(CS(=O)c2ccc(N)cc2Cl)c1. The highest BCUT2D eigenvalue weighted by molar-refractivity contribution is 7.84. The molecule has 1 aromatic heterocycles. The number of pyridine rings is 1. The Kier molecular flexibility index (Phi) is 4.62. The largest absolute Gasteiger partial charge is 0.497 e. The smallest absolute Gasteiger partial charge is 0.122 e. The van der Waals surface area contributed by atoms with E-state index in [-0.39, 0.29) is 5.75 Å². The van der Waals surface area contributed by atoms with Gasteiger partial charge in [-0.2, -0.15) is 0 Å². The normalized spacial score (nSPS) is 12.2. The Bertz CT molecular complexity index is 662. The fraction of sp³-hybridized carbons (Fsp3) is 0.214. The number of methoxy groups -OCH3 is 1. The van der Waals surface area contributed by atoms with E-state index in [2.05, 4.69) is 4.98 Å². The van der Waals surface area contributed by atoms with Gasteiger partial charge in [-0.25, -0.2) is 0 Å². The van der Waals surface area contributed by atoms with Crippen LogP contribution in [0.5, 0.6) is 5.75 Å². The van der Waals surface area contributed by atoms with Crippen LogP contribution in [-0.2, 0) is 16.6 Å². The molecule has 0 aliphatic carbocycles. The van der Waals surface area contributed by atoms with Gasteiger partial charge in [0, 0.05) is 23.5 Å². The molecule has 0 aliphatic rings. The average Bonchev–Trinajstić information content (AvgIpc) is 2.37. The first kappa shape index (κ1) is 14.8. The first-order chi connectivity index (χ1) is 9.49. The van der Waals surface area contributed by atoms with Gasteiger partial charge in [0.1, 0.15) is 5.75 Å². The van der Waals surface area contributed by atoms with Crippen molar-refractivity contribution in [3.05, 3.63) is 46.7 Å². The van der Waals surface area contributed by atoms with Gasteiger partial charge in [0.15, 0.2) is 0 Å². The highest BCUT2D eigenvalue weighted by atomic mass is 35.5. The van der Waals surface area contributed by atoms with E-state index in [9.17, 15) is 4.21 Å². The Morgan fingerprint density at radius 1 is 1.35 bits per heavy atom. The molecule has 1 atom stereocenters. The lowest BCUT2D eigenvalue weighted by Gasteiger charge is -2.08. The van der Waals surface area contributed by atoms with Crippen LogP contribution in [0.1, 0.15) is 11.4 Å². The third-order valence-electron chi connectivity index (χ3n) is 2.70. The monoisotopic (exact) mass is 310 g/mol. The van der Waals surface area contributed by atoms with Gasteiger partial charge in [0.05, 0.1) is 39.3 Å². The molecule has 1 heterocycles. The predicted octanol–water partition coefficient (Wildman–Crippen LogP) is 2.94. The van der Waals surface area contributed by atoms with E-state index < -0.39 is 10.8 Å². The zero-order valence-corrected chi connectivity index (χ0v) is 12.8. The molecule has 4 nitrogen and oxygen atoms in total.